The van der Waals surface area contributed by atoms with E-state index in [9.17, 15) is 14.9 Å². The summed E-state index contributed by atoms with van der Waals surface area (Å²) in [6.07, 6.45) is 3.48. The summed E-state index contributed by atoms with van der Waals surface area (Å²) in [4.78, 5) is 22.9. The predicted molar refractivity (Wildman–Crippen MR) is 78.9 cm³/mol. The minimum Gasteiger partial charge on any atom is -0.488 e. The molecule has 22 heavy (non-hydrogen) atoms. The van der Waals surface area contributed by atoms with Crippen LogP contribution in [0.4, 0.5) is 5.69 Å². The molecule has 1 aliphatic heterocycles. The zero-order valence-electron chi connectivity index (χ0n) is 12.0. The zero-order chi connectivity index (χ0) is 15.3. The van der Waals surface area contributed by atoms with E-state index < -0.39 is 4.92 Å². The number of nitrogens with one attached hydrogen (secondary N) is 1. The Kier molecular flexibility index (Phi) is 2.92. The molecule has 0 bridgehead atoms. The molecule has 1 saturated carbocycles. The van der Waals surface area contributed by atoms with Gasteiger partial charge >= 0.3 is 0 Å². The maximum absolute atomic E-state index is 12.3. The van der Waals surface area contributed by atoms with Gasteiger partial charge < -0.3 is 10.1 Å². The minimum absolute atomic E-state index is 0.0361. The molecule has 1 atom stereocenters. The molecule has 3 aliphatic rings. The van der Waals surface area contributed by atoms with E-state index >= 15 is 0 Å². The lowest BCUT2D eigenvalue weighted by molar-refractivity contribution is -0.384. The van der Waals surface area contributed by atoms with Crippen molar-refractivity contribution in [2.24, 2.45) is 5.92 Å². The summed E-state index contributed by atoms with van der Waals surface area (Å²) in [5, 5.41) is 14.5. The van der Waals surface area contributed by atoms with Gasteiger partial charge in [-0.3, -0.25) is 14.9 Å². The number of hydrogen-bond acceptors (Lipinski definition) is 5. The Bertz CT molecular complexity index is 706. The highest BCUT2D eigenvalue weighted by Crippen LogP contribution is 2.39. The number of nitro benzene ring substituents is 1. The van der Waals surface area contributed by atoms with Gasteiger partial charge in [0.25, 0.3) is 5.69 Å². The molecule has 6 heteroatoms. The highest BCUT2D eigenvalue weighted by atomic mass is 16.6. The van der Waals surface area contributed by atoms with Gasteiger partial charge in [0.15, 0.2) is 5.76 Å². The number of rotatable bonds is 2. The van der Waals surface area contributed by atoms with Crippen molar-refractivity contribution in [1.82, 2.24) is 5.32 Å². The Labute approximate surface area is 127 Å². The number of ketones is 1. The summed E-state index contributed by atoms with van der Waals surface area (Å²) < 4.78 is 5.68. The number of carbonyl (C=O) groups is 1. The average molecular weight is 300 g/mol. The van der Waals surface area contributed by atoms with Crippen LogP contribution in [0.2, 0.25) is 0 Å². The topological polar surface area (TPSA) is 81.5 Å². The van der Waals surface area contributed by atoms with Crippen molar-refractivity contribution in [2.75, 3.05) is 6.61 Å². The maximum atomic E-state index is 12.3. The summed E-state index contributed by atoms with van der Waals surface area (Å²) in [6.45, 7) is 0.517. The number of hydrogen-bond donors (Lipinski definition) is 1. The molecule has 1 fully saturated rings. The third-order valence-corrected chi connectivity index (χ3v) is 4.60. The van der Waals surface area contributed by atoms with Gasteiger partial charge in [0.2, 0.25) is 5.78 Å². The number of Topliss-reactive ketones (excluding diaryl/α,β-unsaturated/α-hetero) is 1. The molecule has 0 saturated heterocycles. The normalized spacial score (nSPS) is 23.8. The lowest BCUT2D eigenvalue weighted by Crippen LogP contribution is -2.31. The van der Waals surface area contributed by atoms with Gasteiger partial charge in [-0.2, -0.15) is 0 Å². The van der Waals surface area contributed by atoms with E-state index in [1.54, 1.807) is 12.1 Å². The van der Waals surface area contributed by atoms with Gasteiger partial charge in [0, 0.05) is 36.6 Å². The summed E-state index contributed by atoms with van der Waals surface area (Å²) in [6, 6.07) is 4.95. The Balaban J connectivity index is 1.80. The highest BCUT2D eigenvalue weighted by molar-refractivity contribution is 6.05. The van der Waals surface area contributed by atoms with E-state index in [-0.39, 0.29) is 23.9 Å². The molecule has 0 amide bonds. The number of nitrogens with zero attached hydrogens (tertiary/aromatic N) is 1. The van der Waals surface area contributed by atoms with E-state index in [4.69, 9.17) is 4.74 Å². The molecule has 6 nitrogen and oxygen atoms in total. The van der Waals surface area contributed by atoms with Crippen LogP contribution in [0.15, 0.2) is 24.0 Å². The van der Waals surface area contributed by atoms with Gasteiger partial charge in [-0.05, 0) is 24.3 Å². The van der Waals surface area contributed by atoms with Gasteiger partial charge in [0.05, 0.1) is 17.2 Å². The first-order chi connectivity index (χ1) is 10.6. The lowest BCUT2D eigenvalue weighted by Gasteiger charge is -2.23. The van der Waals surface area contributed by atoms with E-state index in [0.29, 0.717) is 24.0 Å². The van der Waals surface area contributed by atoms with E-state index in [1.807, 2.05) is 0 Å². The van der Waals surface area contributed by atoms with Crippen molar-refractivity contribution in [3.8, 4) is 0 Å². The van der Waals surface area contributed by atoms with Crippen molar-refractivity contribution in [1.29, 1.82) is 0 Å². The maximum Gasteiger partial charge on any atom is 0.270 e. The smallest absolute Gasteiger partial charge is 0.270 e. The SMILES string of the molecule is O=C1Cc2ccc([N+](=O)[O-])cc2C2=C1OCC[C@H](C1CC1)N2. The van der Waals surface area contributed by atoms with Gasteiger partial charge in [0.1, 0.15) is 0 Å². The monoisotopic (exact) mass is 300 g/mol. The second kappa shape index (κ2) is 4.83. The number of non-ortho nitro benzene ring substituents is 1. The summed E-state index contributed by atoms with van der Waals surface area (Å²) >= 11 is 0. The minimum atomic E-state index is -0.410. The molecule has 0 spiro atoms. The molecule has 4 rings (SSSR count). The number of allylic oxidation sites excluding steroid dienone is 1. The van der Waals surface area contributed by atoms with E-state index in [1.165, 1.54) is 18.9 Å². The molecule has 1 aromatic rings. The number of ether oxygens (including phenoxy) is 1. The largest absolute Gasteiger partial charge is 0.488 e. The van der Waals surface area contributed by atoms with Crippen molar-refractivity contribution >= 4 is 17.2 Å². The highest BCUT2D eigenvalue weighted by Gasteiger charge is 2.37. The molecule has 1 heterocycles. The fourth-order valence-corrected chi connectivity index (χ4v) is 3.27. The van der Waals surface area contributed by atoms with Crippen LogP contribution in [0.5, 0.6) is 0 Å². The predicted octanol–water partition coefficient (Wildman–Crippen LogP) is 2.18. The molecule has 2 aliphatic carbocycles. The van der Waals surface area contributed by atoms with Crippen molar-refractivity contribution in [2.45, 2.75) is 31.7 Å². The quantitative estimate of drug-likeness (QED) is 0.668. The molecule has 1 aromatic carbocycles. The molecule has 114 valence electrons. The summed E-state index contributed by atoms with van der Waals surface area (Å²) in [5.41, 5.74) is 2.23. The Morgan fingerprint density at radius 3 is 2.82 bits per heavy atom. The first kappa shape index (κ1) is 13.3. The number of nitro groups is 1. The third-order valence-electron chi connectivity index (χ3n) is 4.60. The first-order valence-electron chi connectivity index (χ1n) is 7.58. The molecule has 0 radical (unpaired) electrons. The van der Waals surface area contributed by atoms with E-state index in [2.05, 4.69) is 5.32 Å². The van der Waals surface area contributed by atoms with Gasteiger partial charge in [-0.25, -0.2) is 0 Å². The molecular weight excluding hydrogens is 284 g/mol. The standard InChI is InChI=1S/C16H16N2O4/c19-14-7-10-3-4-11(18(20)21)8-12(10)15-16(14)22-6-5-13(17-15)9-1-2-9/h3-4,8-9,13,17H,1-2,5-7H2/t13-/m1/s1. The molecule has 0 aromatic heterocycles. The van der Waals surface area contributed by atoms with Crippen LogP contribution in [0.1, 0.15) is 30.4 Å². The molecular formula is C16H16N2O4. The zero-order valence-corrected chi connectivity index (χ0v) is 12.0. The summed E-state index contributed by atoms with van der Waals surface area (Å²) in [7, 11) is 0. The lowest BCUT2D eigenvalue weighted by atomic mass is 9.91. The third kappa shape index (κ3) is 2.15. The second-order valence-corrected chi connectivity index (χ2v) is 6.13. The van der Waals surface area contributed by atoms with Crippen LogP contribution in [0, 0.1) is 16.0 Å². The molecule has 1 N–H and O–H groups in total. The fraction of sp³-hybridized carbons (Fsp3) is 0.438. The number of benzene rings is 1. The first-order valence-corrected chi connectivity index (χ1v) is 7.58. The van der Waals surface area contributed by atoms with Crippen LogP contribution in [-0.2, 0) is 16.0 Å². The van der Waals surface area contributed by atoms with Crippen molar-refractivity contribution < 1.29 is 14.5 Å². The van der Waals surface area contributed by atoms with Crippen LogP contribution in [0.25, 0.3) is 5.70 Å². The van der Waals surface area contributed by atoms with E-state index in [0.717, 1.165) is 17.5 Å². The Morgan fingerprint density at radius 2 is 2.09 bits per heavy atom. The number of carbonyl (C=O) groups excluding carboxylic acids is 1. The Morgan fingerprint density at radius 1 is 1.27 bits per heavy atom. The van der Waals surface area contributed by atoms with Crippen molar-refractivity contribution in [3.05, 3.63) is 45.2 Å². The summed E-state index contributed by atoms with van der Waals surface area (Å²) in [5.74, 6) is 0.908. The van der Waals surface area contributed by atoms with Gasteiger partial charge in [-0.15, -0.1) is 0 Å². The average Bonchev–Trinajstić information content (AvgIpc) is 3.32. The Hall–Kier alpha value is -2.37. The van der Waals surface area contributed by atoms with Crippen LogP contribution in [-0.4, -0.2) is 23.4 Å². The van der Waals surface area contributed by atoms with Crippen LogP contribution < -0.4 is 5.32 Å². The molecule has 0 unspecified atom stereocenters. The second-order valence-electron chi connectivity index (χ2n) is 6.13. The fourth-order valence-electron chi connectivity index (χ4n) is 3.27. The van der Waals surface area contributed by atoms with Gasteiger partial charge in [-0.1, -0.05) is 6.07 Å². The number of fused-ring (bicyclic) bond motifs is 2. The van der Waals surface area contributed by atoms with Crippen LogP contribution in [0.3, 0.4) is 0 Å². The van der Waals surface area contributed by atoms with Crippen LogP contribution >= 0.6 is 0 Å². The van der Waals surface area contributed by atoms with Crippen molar-refractivity contribution in [3.63, 3.8) is 0 Å².